The van der Waals surface area contributed by atoms with E-state index in [1.54, 1.807) is 6.20 Å². The van der Waals surface area contributed by atoms with Gasteiger partial charge in [-0.1, -0.05) is 12.1 Å². The van der Waals surface area contributed by atoms with E-state index < -0.39 is 0 Å². The number of allylic oxidation sites excluding steroid dienone is 1. The van der Waals surface area contributed by atoms with E-state index in [0.29, 0.717) is 6.04 Å². The summed E-state index contributed by atoms with van der Waals surface area (Å²) < 4.78 is 0. The van der Waals surface area contributed by atoms with Gasteiger partial charge in [-0.2, -0.15) is 0 Å². The number of rotatable bonds is 6. The molecular formula is C11H17N3. The molecule has 76 valence electrons. The minimum Gasteiger partial charge on any atom is -0.271 e. The molecule has 0 bridgehead atoms. The molecule has 0 aliphatic rings. The molecule has 0 saturated carbocycles. The van der Waals surface area contributed by atoms with Crippen molar-refractivity contribution in [1.29, 1.82) is 0 Å². The third-order valence-electron chi connectivity index (χ3n) is 2.16. The number of aromatic nitrogens is 1. The number of hydrogen-bond acceptors (Lipinski definition) is 3. The van der Waals surface area contributed by atoms with E-state index in [-0.39, 0.29) is 0 Å². The van der Waals surface area contributed by atoms with Crippen molar-refractivity contribution < 1.29 is 0 Å². The Balaban J connectivity index is 2.44. The van der Waals surface area contributed by atoms with Crippen molar-refractivity contribution in [3.05, 3.63) is 42.7 Å². The van der Waals surface area contributed by atoms with Crippen molar-refractivity contribution in [2.75, 3.05) is 0 Å². The fraction of sp³-hybridized carbons (Fsp3) is 0.364. The molecule has 14 heavy (non-hydrogen) atoms. The quantitative estimate of drug-likeness (QED) is 0.406. The molecular weight excluding hydrogens is 174 g/mol. The molecule has 1 heterocycles. The monoisotopic (exact) mass is 191 g/mol. The number of nitrogens with two attached hydrogens (primary N) is 1. The summed E-state index contributed by atoms with van der Waals surface area (Å²) in [7, 11) is 0. The zero-order valence-corrected chi connectivity index (χ0v) is 8.32. The van der Waals surface area contributed by atoms with Crippen LogP contribution in [0.5, 0.6) is 0 Å². The van der Waals surface area contributed by atoms with E-state index in [0.717, 1.165) is 19.3 Å². The Kier molecular flexibility index (Phi) is 4.89. The Morgan fingerprint density at radius 1 is 1.64 bits per heavy atom. The van der Waals surface area contributed by atoms with Gasteiger partial charge in [0.25, 0.3) is 0 Å². The van der Waals surface area contributed by atoms with E-state index in [9.17, 15) is 0 Å². The van der Waals surface area contributed by atoms with Crippen molar-refractivity contribution in [3.8, 4) is 0 Å². The zero-order chi connectivity index (χ0) is 10.2. The lowest BCUT2D eigenvalue weighted by Crippen LogP contribution is -2.36. The molecule has 1 unspecified atom stereocenters. The summed E-state index contributed by atoms with van der Waals surface area (Å²) in [5, 5.41) is 0. The number of nitrogens with zero attached hydrogens (tertiary/aromatic N) is 1. The summed E-state index contributed by atoms with van der Waals surface area (Å²) in [4.78, 5) is 4.06. The van der Waals surface area contributed by atoms with Crippen LogP contribution in [0.2, 0.25) is 0 Å². The summed E-state index contributed by atoms with van der Waals surface area (Å²) in [5.41, 5.74) is 4.02. The van der Waals surface area contributed by atoms with Gasteiger partial charge in [0, 0.05) is 18.4 Å². The van der Waals surface area contributed by atoms with Crippen LogP contribution < -0.4 is 11.3 Å². The average Bonchev–Trinajstić information content (AvgIpc) is 2.25. The van der Waals surface area contributed by atoms with Crippen molar-refractivity contribution >= 4 is 0 Å². The fourth-order valence-corrected chi connectivity index (χ4v) is 1.37. The van der Waals surface area contributed by atoms with Crippen molar-refractivity contribution in [3.63, 3.8) is 0 Å². The molecule has 0 aliphatic heterocycles. The number of nitrogens with one attached hydrogen (secondary N) is 1. The van der Waals surface area contributed by atoms with Crippen LogP contribution in [-0.2, 0) is 6.42 Å². The lowest BCUT2D eigenvalue weighted by Gasteiger charge is -2.14. The van der Waals surface area contributed by atoms with E-state index in [4.69, 9.17) is 5.84 Å². The van der Waals surface area contributed by atoms with Crippen molar-refractivity contribution in [2.45, 2.75) is 25.3 Å². The first-order chi connectivity index (χ1) is 6.86. The summed E-state index contributed by atoms with van der Waals surface area (Å²) >= 11 is 0. The highest BCUT2D eigenvalue weighted by Crippen LogP contribution is 2.05. The highest BCUT2D eigenvalue weighted by atomic mass is 15.2. The Morgan fingerprint density at radius 2 is 2.50 bits per heavy atom. The first-order valence-electron chi connectivity index (χ1n) is 4.82. The fourth-order valence-electron chi connectivity index (χ4n) is 1.37. The van der Waals surface area contributed by atoms with Crippen LogP contribution in [0.1, 0.15) is 18.4 Å². The van der Waals surface area contributed by atoms with Crippen LogP contribution in [-0.4, -0.2) is 11.0 Å². The molecule has 3 nitrogen and oxygen atoms in total. The smallest absolute Gasteiger partial charge is 0.0300 e. The molecule has 1 aromatic rings. The SMILES string of the molecule is C=CCCC(Cc1cccnc1)NN. The van der Waals surface area contributed by atoms with Gasteiger partial charge in [-0.15, -0.1) is 6.58 Å². The number of pyridine rings is 1. The van der Waals surface area contributed by atoms with E-state index >= 15 is 0 Å². The van der Waals surface area contributed by atoms with E-state index in [1.165, 1.54) is 5.56 Å². The Labute approximate surface area is 85.0 Å². The summed E-state index contributed by atoms with van der Waals surface area (Å²) in [5.74, 6) is 5.46. The predicted molar refractivity (Wildman–Crippen MR) is 58.5 cm³/mol. The Morgan fingerprint density at radius 3 is 3.07 bits per heavy atom. The average molecular weight is 191 g/mol. The lowest BCUT2D eigenvalue weighted by molar-refractivity contribution is 0.495. The molecule has 3 N–H and O–H groups in total. The van der Waals surface area contributed by atoms with Gasteiger partial charge in [0.05, 0.1) is 0 Å². The molecule has 0 aliphatic carbocycles. The topological polar surface area (TPSA) is 50.9 Å². The van der Waals surface area contributed by atoms with Crippen molar-refractivity contribution in [1.82, 2.24) is 10.4 Å². The number of hydrogen-bond donors (Lipinski definition) is 2. The van der Waals surface area contributed by atoms with Gasteiger partial charge in [-0.25, -0.2) is 0 Å². The third-order valence-corrected chi connectivity index (χ3v) is 2.16. The van der Waals surface area contributed by atoms with Gasteiger partial charge >= 0.3 is 0 Å². The van der Waals surface area contributed by atoms with Gasteiger partial charge in [0.1, 0.15) is 0 Å². The minimum atomic E-state index is 0.303. The van der Waals surface area contributed by atoms with Crippen LogP contribution in [0.25, 0.3) is 0 Å². The maximum absolute atomic E-state index is 5.46. The van der Waals surface area contributed by atoms with Gasteiger partial charge in [0.2, 0.25) is 0 Å². The summed E-state index contributed by atoms with van der Waals surface area (Å²) in [6.45, 7) is 3.69. The maximum Gasteiger partial charge on any atom is 0.0300 e. The second-order valence-corrected chi connectivity index (χ2v) is 3.30. The second kappa shape index (κ2) is 6.29. The highest BCUT2D eigenvalue weighted by molar-refractivity contribution is 5.10. The largest absolute Gasteiger partial charge is 0.271 e. The Bertz CT molecular complexity index is 258. The second-order valence-electron chi connectivity index (χ2n) is 3.30. The van der Waals surface area contributed by atoms with E-state index in [1.807, 2.05) is 18.3 Å². The molecule has 1 rings (SSSR count). The third kappa shape index (κ3) is 3.68. The first kappa shape index (κ1) is 10.9. The van der Waals surface area contributed by atoms with Gasteiger partial charge in [-0.05, 0) is 30.9 Å². The molecule has 0 amide bonds. The Hall–Kier alpha value is -1.19. The summed E-state index contributed by atoms with van der Waals surface area (Å²) in [6, 6.07) is 4.30. The summed E-state index contributed by atoms with van der Waals surface area (Å²) in [6.07, 6.45) is 8.46. The predicted octanol–water partition coefficient (Wildman–Crippen LogP) is 1.42. The molecule has 0 spiro atoms. The maximum atomic E-state index is 5.46. The van der Waals surface area contributed by atoms with Gasteiger partial charge in [-0.3, -0.25) is 16.3 Å². The van der Waals surface area contributed by atoms with Crippen LogP contribution in [0.3, 0.4) is 0 Å². The van der Waals surface area contributed by atoms with Gasteiger partial charge < -0.3 is 0 Å². The zero-order valence-electron chi connectivity index (χ0n) is 8.32. The minimum absolute atomic E-state index is 0.303. The van der Waals surface area contributed by atoms with E-state index in [2.05, 4.69) is 23.1 Å². The molecule has 0 aromatic carbocycles. The van der Waals surface area contributed by atoms with Crippen LogP contribution in [0, 0.1) is 0 Å². The van der Waals surface area contributed by atoms with Crippen LogP contribution >= 0.6 is 0 Å². The molecule has 0 saturated heterocycles. The molecule has 1 atom stereocenters. The highest BCUT2D eigenvalue weighted by Gasteiger charge is 2.05. The normalized spacial score (nSPS) is 12.4. The van der Waals surface area contributed by atoms with Crippen LogP contribution in [0.4, 0.5) is 0 Å². The molecule has 3 heteroatoms. The molecule has 0 fully saturated rings. The number of hydrazine groups is 1. The van der Waals surface area contributed by atoms with Crippen molar-refractivity contribution in [2.24, 2.45) is 5.84 Å². The lowest BCUT2D eigenvalue weighted by atomic mass is 10.0. The first-order valence-corrected chi connectivity index (χ1v) is 4.82. The van der Waals surface area contributed by atoms with Crippen LogP contribution in [0.15, 0.2) is 37.2 Å². The standard InChI is InChI=1S/C11H17N3/c1-2-3-6-11(14-12)8-10-5-4-7-13-9-10/h2,4-5,7,9,11,14H,1,3,6,8,12H2. The molecule has 0 radical (unpaired) electrons. The van der Waals surface area contributed by atoms with Gasteiger partial charge in [0.15, 0.2) is 0 Å². The molecule has 1 aromatic heterocycles.